The van der Waals surface area contributed by atoms with Crippen LogP contribution in [-0.2, 0) is 28.3 Å². The molecular weight excluding hydrogens is 535 g/mol. The van der Waals surface area contributed by atoms with Gasteiger partial charge < -0.3 is 10.2 Å². The van der Waals surface area contributed by atoms with Crippen LogP contribution in [-0.4, -0.2) is 35.1 Å². The van der Waals surface area contributed by atoms with Crippen molar-refractivity contribution in [3.8, 4) is 0 Å². The van der Waals surface area contributed by atoms with Gasteiger partial charge >= 0.3 is 0 Å². The van der Waals surface area contributed by atoms with Crippen molar-refractivity contribution in [2.45, 2.75) is 38.1 Å². The maximum Gasteiger partial charge on any atom is 0.243 e. The van der Waals surface area contributed by atoms with Gasteiger partial charge in [-0.3, -0.25) is 9.59 Å². The molecule has 0 fully saturated rings. The van der Waals surface area contributed by atoms with Crippen molar-refractivity contribution in [1.29, 1.82) is 0 Å². The molecule has 0 aliphatic heterocycles. The van der Waals surface area contributed by atoms with Crippen LogP contribution in [0.4, 0.5) is 0 Å². The van der Waals surface area contributed by atoms with Gasteiger partial charge in [-0.25, -0.2) is 0 Å². The van der Waals surface area contributed by atoms with Crippen LogP contribution in [0.3, 0.4) is 0 Å². The zero-order chi connectivity index (χ0) is 25.9. The molecule has 8 heteroatoms. The number of hydrogen-bond acceptors (Lipinski definition) is 3. The number of thioether (sulfide) groups is 1. The van der Waals surface area contributed by atoms with E-state index in [2.05, 4.69) is 5.32 Å². The average molecular weight is 564 g/mol. The molecule has 1 unspecified atom stereocenters. The molecule has 0 aromatic heterocycles. The van der Waals surface area contributed by atoms with Crippen molar-refractivity contribution in [2.24, 2.45) is 0 Å². The molecular formula is C28H29Cl3N2O2S. The van der Waals surface area contributed by atoms with Crippen LogP contribution in [0.5, 0.6) is 0 Å². The largest absolute Gasteiger partial charge is 0.354 e. The topological polar surface area (TPSA) is 49.4 Å². The van der Waals surface area contributed by atoms with Gasteiger partial charge in [0.15, 0.2) is 0 Å². The highest BCUT2D eigenvalue weighted by molar-refractivity contribution is 7.99. The lowest BCUT2D eigenvalue weighted by Crippen LogP contribution is -2.51. The molecule has 1 N–H and O–H groups in total. The lowest BCUT2D eigenvalue weighted by molar-refractivity contribution is -0.139. The second-order valence-electron chi connectivity index (χ2n) is 8.34. The Kier molecular flexibility index (Phi) is 11.5. The second kappa shape index (κ2) is 14.5. The Morgan fingerprint density at radius 3 is 2.33 bits per heavy atom. The summed E-state index contributed by atoms with van der Waals surface area (Å²) in [5.74, 6) is 0.424. The average Bonchev–Trinajstić information content (AvgIpc) is 2.87. The summed E-state index contributed by atoms with van der Waals surface area (Å²) < 4.78 is 0. The minimum absolute atomic E-state index is 0.141. The summed E-state index contributed by atoms with van der Waals surface area (Å²) >= 11 is 20.2. The number of carbonyl (C=O) groups is 2. The van der Waals surface area contributed by atoms with Crippen LogP contribution in [0.1, 0.15) is 30.0 Å². The summed E-state index contributed by atoms with van der Waals surface area (Å²) in [4.78, 5) is 28.6. The molecule has 3 aromatic rings. The number of nitrogens with one attached hydrogen (secondary N) is 1. The summed E-state index contributed by atoms with van der Waals surface area (Å²) in [5, 5.41) is 4.67. The summed E-state index contributed by atoms with van der Waals surface area (Å²) in [6.07, 6.45) is 1.21. The van der Waals surface area contributed by atoms with Crippen molar-refractivity contribution >= 4 is 58.4 Å². The third-order valence-electron chi connectivity index (χ3n) is 5.62. The third kappa shape index (κ3) is 8.45. The van der Waals surface area contributed by atoms with Gasteiger partial charge in [0.2, 0.25) is 11.8 Å². The smallest absolute Gasteiger partial charge is 0.243 e. The molecule has 0 aliphatic carbocycles. The number of hydrogen-bond donors (Lipinski definition) is 1. The van der Waals surface area contributed by atoms with Gasteiger partial charge in [-0.1, -0.05) is 96.3 Å². The van der Waals surface area contributed by atoms with Crippen LogP contribution in [0.25, 0.3) is 0 Å². The van der Waals surface area contributed by atoms with E-state index in [1.54, 1.807) is 23.1 Å². The molecule has 1 atom stereocenters. The Labute approximate surface area is 232 Å². The quantitative estimate of drug-likeness (QED) is 0.257. The van der Waals surface area contributed by atoms with Crippen molar-refractivity contribution < 1.29 is 9.59 Å². The first-order valence-electron chi connectivity index (χ1n) is 11.7. The molecule has 0 aliphatic rings. The van der Waals surface area contributed by atoms with E-state index >= 15 is 0 Å². The fourth-order valence-corrected chi connectivity index (χ4v) is 5.36. The molecule has 0 heterocycles. The first-order valence-corrected chi connectivity index (χ1v) is 14.0. The van der Waals surface area contributed by atoms with E-state index in [0.717, 1.165) is 23.1 Å². The molecule has 2 amide bonds. The molecule has 3 rings (SSSR count). The van der Waals surface area contributed by atoms with Crippen LogP contribution in [0.15, 0.2) is 72.8 Å². The van der Waals surface area contributed by atoms with E-state index in [4.69, 9.17) is 34.8 Å². The molecule has 0 saturated heterocycles. The zero-order valence-electron chi connectivity index (χ0n) is 20.1. The molecule has 36 heavy (non-hydrogen) atoms. The first-order chi connectivity index (χ1) is 17.4. The van der Waals surface area contributed by atoms with E-state index in [-0.39, 0.29) is 24.1 Å². The van der Waals surface area contributed by atoms with Gasteiger partial charge in [-0.2, -0.15) is 0 Å². The third-order valence-corrected chi connectivity index (χ3v) is 7.54. The molecule has 0 spiro atoms. The second-order valence-corrected chi connectivity index (χ2v) is 10.6. The van der Waals surface area contributed by atoms with E-state index in [0.29, 0.717) is 33.8 Å². The lowest BCUT2D eigenvalue weighted by atomic mass is 10.0. The first kappa shape index (κ1) is 28.4. The van der Waals surface area contributed by atoms with Crippen LogP contribution < -0.4 is 5.32 Å². The summed E-state index contributed by atoms with van der Waals surface area (Å²) in [6, 6.07) is 21.8. The standard InChI is InChI=1S/C28H29Cl3N2O2S/c1-2-14-32-28(35)26(15-20-8-4-3-5-9-20)33(17-21-10-6-7-11-24(21)30)27(34)19-36-18-22-12-13-23(29)16-25(22)31/h3-13,16,26H,2,14-15,17-19H2,1H3,(H,32,35). The van der Waals surface area contributed by atoms with E-state index < -0.39 is 6.04 Å². The molecule has 0 saturated carbocycles. The Morgan fingerprint density at radius 1 is 0.917 bits per heavy atom. The van der Waals surface area contributed by atoms with Gasteiger partial charge in [0.1, 0.15) is 6.04 Å². The van der Waals surface area contributed by atoms with Gasteiger partial charge in [0, 0.05) is 40.3 Å². The number of rotatable bonds is 12. The summed E-state index contributed by atoms with van der Waals surface area (Å²) in [6.45, 7) is 2.78. The molecule has 0 bridgehead atoms. The molecule has 3 aromatic carbocycles. The van der Waals surface area contributed by atoms with Gasteiger partial charge in [-0.05, 0) is 41.3 Å². The number of amides is 2. The predicted octanol–water partition coefficient (Wildman–Crippen LogP) is 7.05. The van der Waals surface area contributed by atoms with Crippen molar-refractivity contribution in [3.05, 3.63) is 105 Å². The SMILES string of the molecule is CCCNC(=O)C(Cc1ccccc1)N(Cc1ccccc1Cl)C(=O)CSCc1ccc(Cl)cc1Cl. The Balaban J connectivity index is 1.84. The highest BCUT2D eigenvalue weighted by Gasteiger charge is 2.30. The van der Waals surface area contributed by atoms with Gasteiger partial charge in [-0.15, -0.1) is 11.8 Å². The zero-order valence-corrected chi connectivity index (χ0v) is 23.1. The minimum atomic E-state index is -0.678. The van der Waals surface area contributed by atoms with Crippen molar-refractivity contribution in [1.82, 2.24) is 10.2 Å². The lowest BCUT2D eigenvalue weighted by Gasteiger charge is -2.32. The summed E-state index contributed by atoms with van der Waals surface area (Å²) in [5.41, 5.74) is 2.67. The fourth-order valence-electron chi connectivity index (χ4n) is 3.70. The maximum atomic E-state index is 13.6. The fraction of sp³-hybridized carbons (Fsp3) is 0.286. The minimum Gasteiger partial charge on any atom is -0.354 e. The Bertz CT molecular complexity index is 1160. The van der Waals surface area contributed by atoms with Gasteiger partial charge in [0.25, 0.3) is 0 Å². The van der Waals surface area contributed by atoms with Crippen LogP contribution in [0, 0.1) is 0 Å². The summed E-state index contributed by atoms with van der Waals surface area (Å²) in [7, 11) is 0. The molecule has 0 radical (unpaired) electrons. The number of nitrogens with zero attached hydrogens (tertiary/aromatic N) is 1. The number of carbonyl (C=O) groups excluding carboxylic acids is 2. The molecule has 190 valence electrons. The van der Waals surface area contributed by atoms with Crippen LogP contribution >= 0.6 is 46.6 Å². The van der Waals surface area contributed by atoms with E-state index in [1.165, 1.54) is 11.8 Å². The number of benzene rings is 3. The van der Waals surface area contributed by atoms with Gasteiger partial charge in [0.05, 0.1) is 5.75 Å². The van der Waals surface area contributed by atoms with E-state index in [1.807, 2.05) is 61.5 Å². The number of halogens is 3. The van der Waals surface area contributed by atoms with Crippen molar-refractivity contribution in [3.63, 3.8) is 0 Å². The Hall–Kier alpha value is -2.18. The van der Waals surface area contributed by atoms with Crippen LogP contribution in [0.2, 0.25) is 15.1 Å². The maximum absolute atomic E-state index is 13.6. The monoisotopic (exact) mass is 562 g/mol. The predicted molar refractivity (Wildman–Crippen MR) is 152 cm³/mol. The normalized spacial score (nSPS) is 11.7. The highest BCUT2D eigenvalue weighted by Crippen LogP contribution is 2.26. The Morgan fingerprint density at radius 2 is 1.64 bits per heavy atom. The van der Waals surface area contributed by atoms with E-state index in [9.17, 15) is 9.59 Å². The highest BCUT2D eigenvalue weighted by atomic mass is 35.5. The molecule has 4 nitrogen and oxygen atoms in total. The van der Waals surface area contributed by atoms with Crippen molar-refractivity contribution in [2.75, 3.05) is 12.3 Å².